The van der Waals surface area contributed by atoms with E-state index in [0.29, 0.717) is 16.7 Å². The van der Waals surface area contributed by atoms with Gasteiger partial charge in [-0.15, -0.1) is 0 Å². The third-order valence-corrected chi connectivity index (χ3v) is 22.3. The molecule has 0 aromatic heterocycles. The van der Waals surface area contributed by atoms with Crippen LogP contribution in [0.15, 0.2) is 36.4 Å². The molecule has 0 radical (unpaired) electrons. The Hall–Kier alpha value is -8.20. The number of ether oxygens (including phenoxy) is 2. The molecule has 20 atom stereocenters. The van der Waals surface area contributed by atoms with E-state index in [4.69, 9.17) is 9.47 Å². The molecule has 2 aromatic carbocycles. The number of esters is 2. The van der Waals surface area contributed by atoms with Crippen molar-refractivity contribution in [1.82, 2.24) is 51.7 Å². The van der Waals surface area contributed by atoms with E-state index >= 15 is 19.2 Å². The first-order chi connectivity index (χ1) is 49.7. The van der Waals surface area contributed by atoms with Gasteiger partial charge in [-0.3, -0.25) is 53.0 Å². The Labute approximate surface area is 616 Å². The zero-order valence-electron chi connectivity index (χ0n) is 62.8. The molecule has 0 bridgehead atoms. The van der Waals surface area contributed by atoms with Gasteiger partial charge < -0.3 is 86.7 Å². The standard InChI is InChI=1S/C75H107N11O20/c1-32(2)21-49-55(91)28-45(38(13)87)67(97)84-53(65(95)80-58(35(7)8)72(102)106-61(37(11)12)70(100)86-52(64(94)77-49)27-44(90)31-76-86)29-74(103)46-23-40(15-16-42(46)25-56(74)84)41-17-18-48-47(24-41)75(104)30-54-66(96)81-57(34(5)6)71(101)105-60(36(9)10)69(99)83-20-19-43(89)26-51(83)63(93)78-50(22-33(3)4)62(92)82-59(39(14)88)68(98)85(54)73(75)79-48/h15-18,23-24,32-39,43-45,49-54,56-61,73,76,79,87-90,103-104H,19-22,25-31H2,1-14H3,(H,77,94)(H,78,93)(H,80,95)(H,81,96)(H,82,92)/t38-,39-,43-,44+,45+,49-,50-,51+,52+,53-,54-,56+,57+,58+,59+,60-,61-,73-,74+,75+/m0/s1. The maximum absolute atomic E-state index is 15.6. The number of cyclic esters (lactones) is 2. The number of amides is 9. The lowest BCUT2D eigenvalue weighted by Gasteiger charge is -2.40. The van der Waals surface area contributed by atoms with E-state index in [1.54, 1.807) is 119 Å². The number of benzene rings is 2. The number of rotatable bonds is 11. The lowest BCUT2D eigenvalue weighted by Crippen LogP contribution is -2.65. The van der Waals surface area contributed by atoms with Crippen LogP contribution in [0.3, 0.4) is 0 Å². The fraction of sp³-hybridized carbons (Fsp3) is 0.680. The van der Waals surface area contributed by atoms with Crippen molar-refractivity contribution in [3.8, 4) is 11.1 Å². The summed E-state index contributed by atoms with van der Waals surface area (Å²) in [6.45, 7) is 22.3. The first-order valence-corrected chi connectivity index (χ1v) is 37.4. The number of aliphatic hydroxyl groups is 6. The number of hydrazine groups is 1. The fourth-order valence-corrected chi connectivity index (χ4v) is 16.4. The second kappa shape index (κ2) is 31.6. The summed E-state index contributed by atoms with van der Waals surface area (Å²) in [5, 5.41) is 89.4. The Morgan fingerprint density at radius 3 is 1.58 bits per heavy atom. The quantitative estimate of drug-likeness (QED) is 0.129. The van der Waals surface area contributed by atoms with E-state index < -0.39 is 234 Å². The summed E-state index contributed by atoms with van der Waals surface area (Å²) in [5.74, 6) is -15.6. The van der Waals surface area contributed by atoms with E-state index in [1.165, 1.54) is 18.7 Å². The van der Waals surface area contributed by atoms with E-state index in [1.807, 2.05) is 0 Å². The SMILES string of the molecule is CC(C)C[C@@H]1NC(=O)[C@H]2C[C@@H](O)CNN2C(=O)[C@H](C(C)C)OC(=O)[C@@H](C(C)C)NC(=O)[C@@H]2C[C@@]3(O)c4cc(-c5ccc6c(c5)[C@]5(O)C[C@H]7C(=O)N[C@H](C(C)C)C(=O)O[C@@H](C(C)C)C(=O)N8CC[C@H](O)C[C@@H]8C(=O)N[C@@H](CC(C)C)C(=O)N[C@H]([C@H](C)O)C(=O)N7[C@@H]5N6)ccc4C[C@H]3N2C(=O)[C@@H]([C@H](C)O)CC1=O. The number of β-amino-alcohol motifs (C(OH)–C–C–N with tert-alkyl or cyclic N) is 1. The molecule has 6 fully saturated rings. The van der Waals surface area contributed by atoms with Crippen LogP contribution < -0.4 is 37.3 Å². The summed E-state index contributed by atoms with van der Waals surface area (Å²) < 4.78 is 12.0. The van der Waals surface area contributed by atoms with Crippen LogP contribution in [-0.2, 0) is 84.6 Å². The van der Waals surface area contributed by atoms with E-state index in [2.05, 4.69) is 37.3 Å². The van der Waals surface area contributed by atoms with Gasteiger partial charge in [0.15, 0.2) is 18.0 Å². The van der Waals surface area contributed by atoms with Gasteiger partial charge in [-0.2, -0.15) is 0 Å². The largest absolute Gasteiger partial charge is 0.450 e. The highest BCUT2D eigenvalue weighted by molar-refractivity contribution is 6.01. The Morgan fingerprint density at radius 2 is 1.01 bits per heavy atom. The average Bonchev–Trinajstić information content (AvgIpc) is 1.55. The van der Waals surface area contributed by atoms with Crippen LogP contribution >= 0.6 is 0 Å². The molecule has 7 heterocycles. The Bertz CT molecular complexity index is 3530. The van der Waals surface area contributed by atoms with Gasteiger partial charge in [0, 0.05) is 56.4 Å². The molecule has 582 valence electrons. The topological polar surface area (TPSA) is 442 Å². The monoisotopic (exact) mass is 1480 g/mol. The smallest absolute Gasteiger partial charge is 0.329 e. The van der Waals surface area contributed by atoms with E-state index in [0.717, 1.165) is 14.8 Å². The predicted octanol–water partition coefficient (Wildman–Crippen LogP) is -0.247. The first kappa shape index (κ1) is 80.3. The number of ketones is 1. The number of fused-ring (bicyclic) bond motifs is 12. The highest BCUT2D eigenvalue weighted by atomic mass is 16.6. The van der Waals surface area contributed by atoms with Gasteiger partial charge in [-0.1, -0.05) is 101 Å². The molecule has 31 heteroatoms. The number of carbonyl (C=O) groups is 12. The Morgan fingerprint density at radius 1 is 0.500 bits per heavy atom. The van der Waals surface area contributed by atoms with Crippen molar-refractivity contribution in [3.05, 3.63) is 53.1 Å². The van der Waals surface area contributed by atoms with Gasteiger partial charge in [0.2, 0.25) is 41.4 Å². The molecule has 10 rings (SSSR count). The van der Waals surface area contributed by atoms with Crippen LogP contribution in [0.25, 0.3) is 11.1 Å². The average molecular weight is 1480 g/mol. The highest BCUT2D eigenvalue weighted by Gasteiger charge is 2.64. The molecule has 0 unspecified atom stereocenters. The molecule has 31 nitrogen and oxygen atoms in total. The van der Waals surface area contributed by atoms with Crippen molar-refractivity contribution in [1.29, 1.82) is 0 Å². The lowest BCUT2D eigenvalue weighted by atomic mass is 9.86. The van der Waals surface area contributed by atoms with Gasteiger partial charge in [-0.05, 0) is 115 Å². The van der Waals surface area contributed by atoms with Crippen LogP contribution in [-0.4, -0.2) is 238 Å². The van der Waals surface area contributed by atoms with E-state index in [9.17, 15) is 69.0 Å². The van der Waals surface area contributed by atoms with Crippen LogP contribution in [0.5, 0.6) is 0 Å². The number of hydrogen-bond donors (Lipinski definition) is 13. The molecule has 13 N–H and O–H groups in total. The predicted molar refractivity (Wildman–Crippen MR) is 379 cm³/mol. The minimum absolute atomic E-state index is 0.00724. The molecule has 106 heavy (non-hydrogen) atoms. The highest BCUT2D eigenvalue weighted by Crippen LogP contribution is 2.53. The zero-order valence-corrected chi connectivity index (χ0v) is 62.8. The minimum Gasteiger partial charge on any atom is -0.450 e. The maximum atomic E-state index is 15.6. The van der Waals surface area contributed by atoms with Gasteiger partial charge in [-0.25, -0.2) is 15.0 Å². The second-order valence-electron chi connectivity index (χ2n) is 32.7. The minimum atomic E-state index is -2.19. The van der Waals surface area contributed by atoms with Crippen molar-refractivity contribution < 1.29 is 97.6 Å². The number of hydrogen-bond acceptors (Lipinski definition) is 22. The molecule has 1 aliphatic carbocycles. The molecular weight excluding hydrogens is 1370 g/mol. The Kier molecular flexibility index (Phi) is 23.9. The molecule has 6 saturated heterocycles. The zero-order chi connectivity index (χ0) is 77.9. The third-order valence-electron chi connectivity index (χ3n) is 22.3. The summed E-state index contributed by atoms with van der Waals surface area (Å²) in [7, 11) is 0. The second-order valence-corrected chi connectivity index (χ2v) is 32.7. The summed E-state index contributed by atoms with van der Waals surface area (Å²) in [6.07, 6.45) is -12.1. The molecule has 0 saturated carbocycles. The van der Waals surface area contributed by atoms with Crippen molar-refractivity contribution in [3.63, 3.8) is 0 Å². The number of piperidine rings is 1. The molecule has 7 aliphatic heterocycles. The summed E-state index contributed by atoms with van der Waals surface area (Å²) >= 11 is 0. The normalized spacial score (nSPS) is 33.9. The number of carbonyl (C=O) groups excluding carboxylic acids is 12. The van der Waals surface area contributed by atoms with Crippen LogP contribution in [0, 0.1) is 41.4 Å². The number of anilines is 1. The molecule has 0 spiro atoms. The van der Waals surface area contributed by atoms with Gasteiger partial charge in [0.05, 0.1) is 42.4 Å². The molecular formula is C75H107N11O20. The van der Waals surface area contributed by atoms with Crippen LogP contribution in [0.2, 0.25) is 0 Å². The first-order valence-electron chi connectivity index (χ1n) is 37.4. The van der Waals surface area contributed by atoms with Gasteiger partial charge >= 0.3 is 11.9 Å². The Balaban J connectivity index is 1.01. The molecule has 8 aliphatic rings. The van der Waals surface area contributed by atoms with Crippen LogP contribution in [0.1, 0.15) is 165 Å². The third kappa shape index (κ3) is 15.8. The molecule has 2 aromatic rings. The van der Waals surface area contributed by atoms with Crippen molar-refractivity contribution in [2.75, 3.05) is 18.4 Å². The number of nitrogens with zero attached hydrogens (tertiary/aromatic N) is 4. The maximum Gasteiger partial charge on any atom is 0.329 e. The number of aliphatic hydroxyl groups excluding tert-OH is 4. The summed E-state index contributed by atoms with van der Waals surface area (Å²) in [5.41, 5.74) is 0.601. The summed E-state index contributed by atoms with van der Waals surface area (Å²) in [6, 6.07) is -4.76. The van der Waals surface area contributed by atoms with Crippen molar-refractivity contribution in [2.24, 2.45) is 41.4 Å². The molecule has 9 amide bonds. The van der Waals surface area contributed by atoms with Crippen molar-refractivity contribution in [2.45, 2.75) is 269 Å². The van der Waals surface area contributed by atoms with Gasteiger partial charge in [0.1, 0.15) is 65.7 Å². The number of Topliss-reactive ketones (excluding diaryl/α,β-unsaturated/α-hetero) is 1. The fourth-order valence-electron chi connectivity index (χ4n) is 16.4. The van der Waals surface area contributed by atoms with E-state index in [-0.39, 0.29) is 80.3 Å². The summed E-state index contributed by atoms with van der Waals surface area (Å²) in [4.78, 5) is 182. The lowest BCUT2D eigenvalue weighted by molar-refractivity contribution is -0.172. The van der Waals surface area contributed by atoms with Crippen LogP contribution in [0.4, 0.5) is 5.69 Å². The van der Waals surface area contributed by atoms with Gasteiger partial charge in [0.25, 0.3) is 11.8 Å². The van der Waals surface area contributed by atoms with Crippen molar-refractivity contribution >= 4 is 76.6 Å². The number of nitrogens with one attached hydrogen (secondary N) is 7.